The molecule has 0 bridgehead atoms. The number of ether oxygens (including phenoxy) is 1. The van der Waals surface area contributed by atoms with Gasteiger partial charge in [-0.25, -0.2) is 4.39 Å². The molecule has 1 aromatic rings. The van der Waals surface area contributed by atoms with Gasteiger partial charge in [-0.2, -0.15) is 0 Å². The monoisotopic (exact) mass is 305 g/mol. The van der Waals surface area contributed by atoms with Gasteiger partial charge in [-0.3, -0.25) is 0 Å². The van der Waals surface area contributed by atoms with E-state index in [1.807, 2.05) is 13.8 Å². The van der Waals surface area contributed by atoms with Crippen LogP contribution in [-0.4, -0.2) is 30.5 Å². The second-order valence-electron chi connectivity index (χ2n) is 4.04. The number of aliphatic hydroxyl groups is 1. The molecule has 5 heteroatoms. The molecule has 0 saturated carbocycles. The summed E-state index contributed by atoms with van der Waals surface area (Å²) < 4.78 is 19.4. The van der Waals surface area contributed by atoms with Crippen LogP contribution in [0.4, 0.5) is 10.1 Å². The molecule has 2 N–H and O–H groups in total. The predicted molar refractivity (Wildman–Crippen MR) is 69.7 cm³/mol. The van der Waals surface area contributed by atoms with Crippen molar-refractivity contribution >= 4 is 21.6 Å². The minimum Gasteiger partial charge on any atom is -0.389 e. The second kappa shape index (κ2) is 6.93. The molecule has 1 unspecified atom stereocenters. The van der Waals surface area contributed by atoms with Crippen LogP contribution in [0.15, 0.2) is 22.7 Å². The van der Waals surface area contributed by atoms with E-state index >= 15 is 0 Å². The molecular formula is C12H17BrFNO2. The molecule has 1 atom stereocenters. The largest absolute Gasteiger partial charge is 0.389 e. The Kier molecular flexibility index (Phi) is 5.88. The number of halogens is 2. The average Bonchev–Trinajstić information content (AvgIpc) is 2.27. The van der Waals surface area contributed by atoms with Gasteiger partial charge in [0.05, 0.1) is 24.5 Å². The van der Waals surface area contributed by atoms with E-state index in [4.69, 9.17) is 4.74 Å². The number of aliphatic hydroxyl groups excluding tert-OH is 1. The topological polar surface area (TPSA) is 41.5 Å². The van der Waals surface area contributed by atoms with Crippen molar-refractivity contribution in [3.63, 3.8) is 0 Å². The van der Waals surface area contributed by atoms with Crippen molar-refractivity contribution in [2.75, 3.05) is 18.5 Å². The van der Waals surface area contributed by atoms with Crippen LogP contribution in [0.5, 0.6) is 0 Å². The van der Waals surface area contributed by atoms with E-state index in [2.05, 4.69) is 21.2 Å². The molecule has 0 heterocycles. The van der Waals surface area contributed by atoms with Crippen molar-refractivity contribution in [1.82, 2.24) is 0 Å². The first-order chi connectivity index (χ1) is 7.99. The van der Waals surface area contributed by atoms with Gasteiger partial charge in [0.25, 0.3) is 0 Å². The fourth-order valence-electron chi connectivity index (χ4n) is 1.22. The van der Waals surface area contributed by atoms with Crippen LogP contribution < -0.4 is 5.32 Å². The number of benzene rings is 1. The molecule has 0 radical (unpaired) electrons. The molecule has 96 valence electrons. The lowest BCUT2D eigenvalue weighted by Gasteiger charge is -2.15. The standard InChI is InChI=1S/C12H17BrFNO2/c1-8(2)17-7-10(16)6-15-12-5-9(13)3-4-11(12)14/h3-5,8,10,15-16H,6-7H2,1-2H3. The van der Waals surface area contributed by atoms with Crippen LogP contribution in [0.2, 0.25) is 0 Å². The summed E-state index contributed by atoms with van der Waals surface area (Å²) in [6.45, 7) is 4.28. The van der Waals surface area contributed by atoms with Gasteiger partial charge in [0.15, 0.2) is 0 Å². The van der Waals surface area contributed by atoms with Gasteiger partial charge in [-0.05, 0) is 32.0 Å². The summed E-state index contributed by atoms with van der Waals surface area (Å²) in [4.78, 5) is 0. The van der Waals surface area contributed by atoms with Crippen LogP contribution in [0.3, 0.4) is 0 Å². The minimum atomic E-state index is -0.657. The Morgan fingerprint density at radius 2 is 2.18 bits per heavy atom. The first-order valence-corrected chi connectivity index (χ1v) is 6.27. The maximum Gasteiger partial charge on any atom is 0.146 e. The Balaban J connectivity index is 2.41. The second-order valence-corrected chi connectivity index (χ2v) is 4.96. The zero-order valence-corrected chi connectivity index (χ0v) is 11.5. The zero-order chi connectivity index (χ0) is 12.8. The average molecular weight is 306 g/mol. The van der Waals surface area contributed by atoms with Crippen molar-refractivity contribution < 1.29 is 14.2 Å². The summed E-state index contributed by atoms with van der Waals surface area (Å²) in [5.74, 6) is -0.342. The van der Waals surface area contributed by atoms with E-state index in [9.17, 15) is 9.50 Å². The first kappa shape index (κ1) is 14.4. The van der Waals surface area contributed by atoms with Crippen LogP contribution in [-0.2, 0) is 4.74 Å². The molecule has 0 fully saturated rings. The summed E-state index contributed by atoms with van der Waals surface area (Å²) in [7, 11) is 0. The Bertz CT molecular complexity index is 360. The highest BCUT2D eigenvalue weighted by atomic mass is 79.9. The molecule has 1 rings (SSSR count). The smallest absolute Gasteiger partial charge is 0.146 e. The maximum atomic E-state index is 13.3. The van der Waals surface area contributed by atoms with E-state index in [-0.39, 0.29) is 25.1 Å². The number of rotatable bonds is 6. The van der Waals surface area contributed by atoms with Crippen molar-refractivity contribution in [1.29, 1.82) is 0 Å². The van der Waals surface area contributed by atoms with Gasteiger partial charge < -0.3 is 15.2 Å². The van der Waals surface area contributed by atoms with E-state index in [0.717, 1.165) is 4.47 Å². The Labute approximate surface area is 109 Å². The number of nitrogens with one attached hydrogen (secondary N) is 1. The predicted octanol–water partition coefficient (Wildman–Crippen LogP) is 2.79. The molecule has 0 amide bonds. The summed E-state index contributed by atoms with van der Waals surface area (Å²) in [6.07, 6.45) is -0.581. The third-order valence-corrected chi connectivity index (χ3v) is 2.57. The molecule has 0 saturated heterocycles. The number of anilines is 1. The first-order valence-electron chi connectivity index (χ1n) is 5.47. The highest BCUT2D eigenvalue weighted by Crippen LogP contribution is 2.19. The lowest BCUT2D eigenvalue weighted by atomic mass is 10.3. The van der Waals surface area contributed by atoms with E-state index in [1.54, 1.807) is 12.1 Å². The van der Waals surface area contributed by atoms with Gasteiger partial charge in [0.2, 0.25) is 0 Å². The molecule has 0 spiro atoms. The molecule has 0 aliphatic rings. The van der Waals surface area contributed by atoms with E-state index < -0.39 is 6.10 Å². The number of hydrogen-bond acceptors (Lipinski definition) is 3. The SMILES string of the molecule is CC(C)OCC(O)CNc1cc(Br)ccc1F. The van der Waals surface area contributed by atoms with E-state index in [1.165, 1.54) is 6.07 Å². The highest BCUT2D eigenvalue weighted by Gasteiger charge is 2.08. The number of hydrogen-bond donors (Lipinski definition) is 2. The molecule has 0 aromatic heterocycles. The van der Waals surface area contributed by atoms with E-state index in [0.29, 0.717) is 5.69 Å². The summed E-state index contributed by atoms with van der Waals surface area (Å²) in [6, 6.07) is 4.62. The molecule has 17 heavy (non-hydrogen) atoms. The lowest BCUT2D eigenvalue weighted by Crippen LogP contribution is -2.26. The van der Waals surface area contributed by atoms with Crippen LogP contribution in [0, 0.1) is 5.82 Å². The Morgan fingerprint density at radius 3 is 2.82 bits per heavy atom. The minimum absolute atomic E-state index is 0.0762. The molecule has 3 nitrogen and oxygen atoms in total. The molecular weight excluding hydrogens is 289 g/mol. The van der Waals surface area contributed by atoms with Gasteiger partial charge in [0, 0.05) is 11.0 Å². The fraction of sp³-hybridized carbons (Fsp3) is 0.500. The highest BCUT2D eigenvalue weighted by molar-refractivity contribution is 9.10. The van der Waals surface area contributed by atoms with Crippen LogP contribution >= 0.6 is 15.9 Å². The van der Waals surface area contributed by atoms with Crippen molar-refractivity contribution in [3.05, 3.63) is 28.5 Å². The van der Waals surface area contributed by atoms with Gasteiger partial charge >= 0.3 is 0 Å². The van der Waals surface area contributed by atoms with Gasteiger partial charge in [-0.15, -0.1) is 0 Å². The van der Waals surface area contributed by atoms with Gasteiger partial charge in [0.1, 0.15) is 5.82 Å². The van der Waals surface area contributed by atoms with Crippen molar-refractivity contribution in [3.8, 4) is 0 Å². The fourth-order valence-corrected chi connectivity index (χ4v) is 1.58. The van der Waals surface area contributed by atoms with Gasteiger partial charge in [-0.1, -0.05) is 15.9 Å². The molecule has 0 aliphatic carbocycles. The molecule has 1 aromatic carbocycles. The molecule has 0 aliphatic heterocycles. The lowest BCUT2D eigenvalue weighted by molar-refractivity contribution is 0.0112. The van der Waals surface area contributed by atoms with Crippen molar-refractivity contribution in [2.45, 2.75) is 26.1 Å². The van der Waals surface area contributed by atoms with Crippen LogP contribution in [0.25, 0.3) is 0 Å². The normalized spacial score (nSPS) is 12.8. The third kappa shape index (κ3) is 5.48. The summed E-state index contributed by atoms with van der Waals surface area (Å²) in [5.41, 5.74) is 0.364. The Morgan fingerprint density at radius 1 is 1.47 bits per heavy atom. The third-order valence-electron chi connectivity index (χ3n) is 2.08. The Hall–Kier alpha value is -0.650. The summed E-state index contributed by atoms with van der Waals surface area (Å²) >= 11 is 3.26. The quantitative estimate of drug-likeness (QED) is 0.849. The van der Waals surface area contributed by atoms with Crippen molar-refractivity contribution in [2.24, 2.45) is 0 Å². The zero-order valence-electron chi connectivity index (χ0n) is 9.91. The van der Waals surface area contributed by atoms with Crippen LogP contribution in [0.1, 0.15) is 13.8 Å². The summed E-state index contributed by atoms with van der Waals surface area (Å²) in [5, 5.41) is 12.4. The maximum absolute atomic E-state index is 13.3.